The van der Waals surface area contributed by atoms with E-state index in [4.69, 9.17) is 9.15 Å². The minimum atomic E-state index is -3.97. The van der Waals surface area contributed by atoms with Crippen molar-refractivity contribution in [2.45, 2.75) is 18.4 Å². The van der Waals surface area contributed by atoms with E-state index in [1.165, 1.54) is 0 Å². The minimum absolute atomic E-state index is 0.161. The van der Waals surface area contributed by atoms with Crippen LogP contribution in [-0.2, 0) is 21.3 Å². The molecule has 0 radical (unpaired) electrons. The largest absolute Gasteiger partial charge is 0.419 e. The number of nitrogens with one attached hydrogen (secondary N) is 1. The minimum Gasteiger partial charge on any atom is -0.419 e. The Morgan fingerprint density at radius 3 is 2.60 bits per heavy atom. The lowest BCUT2D eigenvalue weighted by Gasteiger charge is -2.24. The van der Waals surface area contributed by atoms with E-state index in [9.17, 15) is 8.42 Å². The lowest BCUT2D eigenvalue weighted by Crippen LogP contribution is -2.35. The van der Waals surface area contributed by atoms with Crippen LogP contribution in [0.3, 0.4) is 0 Å². The zero-order valence-corrected chi connectivity index (χ0v) is 22.6. The second-order valence-electron chi connectivity index (χ2n) is 9.90. The van der Waals surface area contributed by atoms with Gasteiger partial charge in [0.15, 0.2) is 0 Å². The number of aromatic nitrogens is 5. The first-order valence-corrected chi connectivity index (χ1v) is 14.4. The molecule has 4 heterocycles. The van der Waals surface area contributed by atoms with E-state index in [-0.39, 0.29) is 4.90 Å². The fourth-order valence-electron chi connectivity index (χ4n) is 5.15. The van der Waals surface area contributed by atoms with Gasteiger partial charge in [0.2, 0.25) is 11.8 Å². The van der Waals surface area contributed by atoms with Crippen molar-refractivity contribution in [2.75, 3.05) is 26.3 Å². The highest BCUT2D eigenvalue weighted by Gasteiger charge is 2.25. The Morgan fingerprint density at radius 1 is 0.950 bits per heavy atom. The smallest absolute Gasteiger partial charge is 0.283 e. The molecule has 0 amide bonds. The van der Waals surface area contributed by atoms with Gasteiger partial charge in [0.1, 0.15) is 0 Å². The molecule has 0 bridgehead atoms. The third-order valence-corrected chi connectivity index (χ3v) is 8.88. The van der Waals surface area contributed by atoms with Crippen molar-refractivity contribution in [1.82, 2.24) is 29.3 Å². The summed E-state index contributed by atoms with van der Waals surface area (Å²) in [5, 5.41) is 14.6. The number of fused-ring (bicyclic) bond motifs is 2. The average molecular weight is 555 g/mol. The quantitative estimate of drug-likeness (QED) is 0.317. The summed E-state index contributed by atoms with van der Waals surface area (Å²) in [6.07, 6.45) is 3.43. The topological polar surface area (TPSA) is 119 Å². The predicted octanol–water partition coefficient (Wildman–Crippen LogP) is 4.61. The molecule has 0 saturated carbocycles. The summed E-state index contributed by atoms with van der Waals surface area (Å²) in [6.45, 7) is 5.36. The van der Waals surface area contributed by atoms with Crippen molar-refractivity contribution in [3.63, 3.8) is 0 Å². The molecule has 10 nitrogen and oxygen atoms in total. The fraction of sp³-hybridized carbons (Fsp3) is 0.207. The van der Waals surface area contributed by atoms with E-state index in [0.717, 1.165) is 44.8 Å². The van der Waals surface area contributed by atoms with Crippen molar-refractivity contribution in [1.29, 1.82) is 0 Å². The second kappa shape index (κ2) is 9.70. The zero-order valence-electron chi connectivity index (χ0n) is 21.7. The Hall–Kier alpha value is -4.32. The van der Waals surface area contributed by atoms with Gasteiger partial charge < -0.3 is 14.1 Å². The van der Waals surface area contributed by atoms with Gasteiger partial charge >= 0.3 is 0 Å². The lowest BCUT2D eigenvalue weighted by molar-refractivity contribution is 0.0306. The predicted molar refractivity (Wildman–Crippen MR) is 150 cm³/mol. The van der Waals surface area contributed by atoms with Gasteiger partial charge in [-0.2, -0.15) is 17.6 Å². The molecule has 1 aliphatic heterocycles. The Labute approximate surface area is 230 Å². The molecule has 3 aromatic carbocycles. The molecule has 40 heavy (non-hydrogen) atoms. The molecule has 0 spiro atoms. The molecule has 1 aliphatic rings. The molecule has 1 saturated heterocycles. The zero-order chi connectivity index (χ0) is 27.3. The van der Waals surface area contributed by atoms with E-state index in [1.807, 2.05) is 49.5 Å². The summed E-state index contributed by atoms with van der Waals surface area (Å²) in [4.78, 5) is 5.60. The first-order valence-electron chi connectivity index (χ1n) is 13.0. The number of nitrogens with zero attached hydrogens (tertiary/aromatic N) is 5. The highest BCUT2D eigenvalue weighted by molar-refractivity contribution is 7.90. The molecule has 0 aliphatic carbocycles. The van der Waals surface area contributed by atoms with Crippen LogP contribution in [0.4, 0.5) is 0 Å². The Morgan fingerprint density at radius 2 is 1.77 bits per heavy atom. The Balaban J connectivity index is 1.40. The highest BCUT2D eigenvalue weighted by atomic mass is 32.2. The number of hydrogen-bond donors (Lipinski definition) is 1. The summed E-state index contributed by atoms with van der Waals surface area (Å²) in [5.74, 6) is 0.798. The summed E-state index contributed by atoms with van der Waals surface area (Å²) >= 11 is 0. The van der Waals surface area contributed by atoms with E-state index in [2.05, 4.69) is 25.2 Å². The molecule has 3 aromatic heterocycles. The number of hydrogen-bond acceptors (Lipinski definition) is 8. The molecular formula is C29H26N6O4S. The van der Waals surface area contributed by atoms with Gasteiger partial charge in [0.05, 0.1) is 41.9 Å². The van der Waals surface area contributed by atoms with Crippen LogP contribution >= 0.6 is 0 Å². The molecule has 1 N–H and O–H groups in total. The number of rotatable bonds is 6. The fourth-order valence-corrected chi connectivity index (χ4v) is 6.41. The summed E-state index contributed by atoms with van der Waals surface area (Å²) in [7, 11) is -3.97. The van der Waals surface area contributed by atoms with E-state index >= 15 is 0 Å². The molecule has 1 fully saturated rings. The van der Waals surface area contributed by atoms with Gasteiger partial charge in [-0.25, -0.2) is 0 Å². The van der Waals surface area contributed by atoms with Crippen LogP contribution in [-0.4, -0.2) is 64.0 Å². The van der Waals surface area contributed by atoms with Gasteiger partial charge in [0.25, 0.3) is 10.0 Å². The number of H-pyrrole nitrogens is 1. The standard InChI is InChI=1S/C29H26N6O4S/c1-19-5-7-21(8-6-19)40(36,37)35-27-16-20(22-3-2-4-26-23(22)9-10-30-26)15-24(25(27)17-31-35)29-33-32-28(39-29)18-34-11-13-38-14-12-34/h2-10,15-17,30H,11-14,18H2,1H3. The molecule has 0 atom stereocenters. The van der Waals surface area contributed by atoms with Crippen LogP contribution in [0, 0.1) is 6.92 Å². The Bertz CT molecular complexity index is 1950. The van der Waals surface area contributed by atoms with Crippen molar-refractivity contribution in [3.8, 4) is 22.6 Å². The van der Waals surface area contributed by atoms with E-state index in [1.54, 1.807) is 30.5 Å². The van der Waals surface area contributed by atoms with Gasteiger partial charge in [-0.1, -0.05) is 29.8 Å². The van der Waals surface area contributed by atoms with E-state index in [0.29, 0.717) is 48.0 Å². The first-order chi connectivity index (χ1) is 19.5. The molecule has 7 rings (SSSR count). The van der Waals surface area contributed by atoms with Crippen molar-refractivity contribution in [3.05, 3.63) is 84.5 Å². The number of benzene rings is 3. The van der Waals surface area contributed by atoms with Crippen molar-refractivity contribution in [2.24, 2.45) is 0 Å². The summed E-state index contributed by atoms with van der Waals surface area (Å²) < 4.78 is 40.1. The molecule has 0 unspecified atom stereocenters. The summed E-state index contributed by atoms with van der Waals surface area (Å²) in [6, 6.07) is 18.5. The number of aromatic amines is 1. The molecular weight excluding hydrogens is 528 g/mol. The van der Waals surface area contributed by atoms with Gasteiger partial charge in [-0.05, 0) is 54.4 Å². The number of ether oxygens (including phenoxy) is 1. The van der Waals surface area contributed by atoms with Crippen molar-refractivity contribution < 1.29 is 17.6 Å². The van der Waals surface area contributed by atoms with Crippen LogP contribution in [0.15, 0.2) is 82.4 Å². The molecule has 11 heteroatoms. The highest BCUT2D eigenvalue weighted by Crippen LogP contribution is 2.37. The van der Waals surface area contributed by atoms with Gasteiger partial charge in [-0.3, -0.25) is 4.90 Å². The van der Waals surface area contributed by atoms with Crippen LogP contribution in [0.5, 0.6) is 0 Å². The van der Waals surface area contributed by atoms with Crippen LogP contribution < -0.4 is 0 Å². The molecule has 202 valence electrons. The SMILES string of the molecule is Cc1ccc(S(=O)(=O)n2ncc3c(-c4nnc(CN5CCOCC5)o4)cc(-c4cccc5[nH]ccc45)cc32)cc1. The van der Waals surface area contributed by atoms with Gasteiger partial charge in [-0.15, -0.1) is 10.2 Å². The van der Waals surface area contributed by atoms with Crippen LogP contribution in [0.25, 0.3) is 44.4 Å². The van der Waals surface area contributed by atoms with Gasteiger partial charge in [0, 0.05) is 35.6 Å². The number of morpholine rings is 1. The monoisotopic (exact) mass is 554 g/mol. The normalized spacial score (nSPS) is 14.8. The van der Waals surface area contributed by atoms with Crippen LogP contribution in [0.1, 0.15) is 11.5 Å². The maximum atomic E-state index is 13.7. The molecule has 6 aromatic rings. The number of aryl methyl sites for hydroxylation is 1. The van der Waals surface area contributed by atoms with E-state index < -0.39 is 10.0 Å². The Kier molecular flexibility index (Phi) is 5.99. The third kappa shape index (κ3) is 4.28. The third-order valence-electron chi connectivity index (χ3n) is 7.27. The van der Waals surface area contributed by atoms with Crippen LogP contribution in [0.2, 0.25) is 0 Å². The maximum Gasteiger partial charge on any atom is 0.283 e. The summed E-state index contributed by atoms with van der Waals surface area (Å²) in [5.41, 5.74) is 4.74. The average Bonchev–Trinajstić information content (AvgIpc) is 3.73. The second-order valence-corrected chi connectivity index (χ2v) is 11.7. The van der Waals surface area contributed by atoms with Crippen molar-refractivity contribution >= 4 is 31.8 Å². The lowest BCUT2D eigenvalue weighted by atomic mass is 9.98. The first kappa shape index (κ1) is 24.7. The maximum absolute atomic E-state index is 13.7.